The predicted molar refractivity (Wildman–Crippen MR) is 73.5 cm³/mol. The van der Waals surface area contributed by atoms with E-state index in [1.54, 1.807) is 6.20 Å². The molecule has 0 aliphatic heterocycles. The van der Waals surface area contributed by atoms with Gasteiger partial charge in [-0.3, -0.25) is 0 Å². The summed E-state index contributed by atoms with van der Waals surface area (Å²) in [5.74, 6) is 0.289. The Morgan fingerprint density at radius 2 is 2.28 bits per heavy atom. The number of nitrogens with zero attached hydrogens (tertiary/aromatic N) is 1. The molecule has 0 aliphatic rings. The zero-order chi connectivity index (χ0) is 13.0. The van der Waals surface area contributed by atoms with E-state index in [-0.39, 0.29) is 12.5 Å². The molecule has 2 N–H and O–H groups in total. The molecule has 2 rings (SSSR count). The summed E-state index contributed by atoms with van der Waals surface area (Å²) in [6.07, 6.45) is 1.98. The van der Waals surface area contributed by atoms with Gasteiger partial charge in [0, 0.05) is 10.1 Å². The predicted octanol–water partition coefficient (Wildman–Crippen LogP) is 2.68. The Morgan fingerprint density at radius 1 is 1.50 bits per heavy atom. The Kier molecular flexibility index (Phi) is 4.19. The first-order chi connectivity index (χ1) is 8.68. The number of halogens is 1. The number of oxazole rings is 1. The monoisotopic (exact) mass is 358 g/mol. The minimum absolute atomic E-state index is 0.218. The van der Waals surface area contributed by atoms with Gasteiger partial charge in [0.15, 0.2) is 0 Å². The van der Waals surface area contributed by atoms with E-state index in [4.69, 9.17) is 9.52 Å². The van der Waals surface area contributed by atoms with E-state index in [1.165, 1.54) is 6.26 Å². The van der Waals surface area contributed by atoms with Gasteiger partial charge in [-0.25, -0.2) is 9.78 Å². The van der Waals surface area contributed by atoms with Crippen LogP contribution in [0.1, 0.15) is 17.4 Å². The highest BCUT2D eigenvalue weighted by atomic mass is 127. The van der Waals surface area contributed by atoms with Crippen LogP contribution in [0.5, 0.6) is 0 Å². The summed E-state index contributed by atoms with van der Waals surface area (Å²) < 4.78 is 6.34. The van der Waals surface area contributed by atoms with Gasteiger partial charge in [0.05, 0.1) is 12.1 Å². The Labute approximate surface area is 117 Å². The Bertz CT molecular complexity index is 528. The molecule has 2 aromatic rings. The number of benzene rings is 1. The highest BCUT2D eigenvalue weighted by Crippen LogP contribution is 2.26. The summed E-state index contributed by atoms with van der Waals surface area (Å²) >= 11 is 2.21. The fourth-order valence-electron chi connectivity index (χ4n) is 1.68. The second-order valence-electron chi connectivity index (χ2n) is 3.63. The smallest absolute Gasteiger partial charge is 0.404 e. The molecular formula is C12H11IN2O3. The van der Waals surface area contributed by atoms with Crippen molar-refractivity contribution in [2.45, 2.75) is 5.92 Å². The van der Waals surface area contributed by atoms with Crippen LogP contribution in [0.25, 0.3) is 0 Å². The highest BCUT2D eigenvalue weighted by Gasteiger charge is 2.21. The molecule has 0 bridgehead atoms. The van der Waals surface area contributed by atoms with Crippen molar-refractivity contribution in [3.63, 3.8) is 0 Å². The van der Waals surface area contributed by atoms with Crippen molar-refractivity contribution in [2.24, 2.45) is 0 Å². The largest absolute Gasteiger partial charge is 0.465 e. The van der Waals surface area contributed by atoms with Crippen LogP contribution in [-0.4, -0.2) is 22.7 Å². The number of nitrogens with one attached hydrogen (secondary N) is 1. The van der Waals surface area contributed by atoms with E-state index in [0.29, 0.717) is 5.89 Å². The normalized spacial score (nSPS) is 12.1. The van der Waals surface area contributed by atoms with Crippen LogP contribution in [0.4, 0.5) is 4.79 Å². The summed E-state index contributed by atoms with van der Waals surface area (Å²) in [5, 5.41) is 11.1. The average Bonchev–Trinajstić information content (AvgIpc) is 2.85. The molecule has 0 saturated heterocycles. The minimum atomic E-state index is -1.06. The molecule has 0 aliphatic carbocycles. The molecule has 94 valence electrons. The fraction of sp³-hybridized carbons (Fsp3) is 0.167. The van der Waals surface area contributed by atoms with Crippen LogP contribution in [0, 0.1) is 3.57 Å². The van der Waals surface area contributed by atoms with Gasteiger partial charge in [-0.2, -0.15) is 0 Å². The van der Waals surface area contributed by atoms with Crippen LogP contribution in [-0.2, 0) is 0 Å². The van der Waals surface area contributed by atoms with E-state index >= 15 is 0 Å². The first-order valence-corrected chi connectivity index (χ1v) is 6.37. The van der Waals surface area contributed by atoms with Crippen molar-refractivity contribution >= 4 is 28.7 Å². The maximum Gasteiger partial charge on any atom is 0.404 e. The topological polar surface area (TPSA) is 75.4 Å². The highest BCUT2D eigenvalue weighted by molar-refractivity contribution is 14.1. The zero-order valence-corrected chi connectivity index (χ0v) is 11.5. The second kappa shape index (κ2) is 5.85. The SMILES string of the molecule is O=C(O)NCC(c1ncco1)c1ccccc1I. The average molecular weight is 358 g/mol. The second-order valence-corrected chi connectivity index (χ2v) is 4.79. The lowest BCUT2D eigenvalue weighted by atomic mass is 9.99. The molecule has 0 fully saturated rings. The van der Waals surface area contributed by atoms with E-state index < -0.39 is 6.09 Å². The van der Waals surface area contributed by atoms with Crippen molar-refractivity contribution in [1.29, 1.82) is 0 Å². The van der Waals surface area contributed by atoms with Gasteiger partial charge < -0.3 is 14.8 Å². The van der Waals surface area contributed by atoms with Gasteiger partial charge in [0.1, 0.15) is 6.26 Å². The van der Waals surface area contributed by atoms with Crippen LogP contribution < -0.4 is 5.32 Å². The summed E-state index contributed by atoms with van der Waals surface area (Å²) in [6, 6.07) is 7.75. The molecule has 1 amide bonds. The molecule has 6 heteroatoms. The van der Waals surface area contributed by atoms with Crippen LogP contribution in [0.2, 0.25) is 0 Å². The number of carbonyl (C=O) groups is 1. The third kappa shape index (κ3) is 3.00. The van der Waals surface area contributed by atoms with Gasteiger partial charge in [-0.05, 0) is 34.2 Å². The van der Waals surface area contributed by atoms with Crippen molar-refractivity contribution in [2.75, 3.05) is 6.54 Å². The maximum atomic E-state index is 10.6. The third-order valence-corrected chi connectivity index (χ3v) is 3.47. The van der Waals surface area contributed by atoms with Crippen molar-refractivity contribution in [3.8, 4) is 0 Å². The molecule has 5 nitrogen and oxygen atoms in total. The molecule has 1 atom stereocenters. The van der Waals surface area contributed by atoms with Crippen LogP contribution >= 0.6 is 22.6 Å². The maximum absolute atomic E-state index is 10.6. The van der Waals surface area contributed by atoms with E-state index in [0.717, 1.165) is 9.13 Å². The van der Waals surface area contributed by atoms with Crippen molar-refractivity contribution in [3.05, 3.63) is 51.7 Å². The lowest BCUT2D eigenvalue weighted by Gasteiger charge is -2.15. The Morgan fingerprint density at radius 3 is 2.89 bits per heavy atom. The van der Waals surface area contributed by atoms with Gasteiger partial charge in [-0.1, -0.05) is 18.2 Å². The number of amides is 1. The lowest BCUT2D eigenvalue weighted by molar-refractivity contribution is 0.193. The molecule has 1 unspecified atom stereocenters. The zero-order valence-electron chi connectivity index (χ0n) is 9.34. The summed E-state index contributed by atoms with van der Waals surface area (Å²) in [4.78, 5) is 14.7. The number of rotatable bonds is 4. The Hall–Kier alpha value is -1.57. The van der Waals surface area contributed by atoms with Crippen LogP contribution in [0.3, 0.4) is 0 Å². The lowest BCUT2D eigenvalue weighted by Crippen LogP contribution is -2.27. The molecule has 1 aromatic heterocycles. The molecule has 1 heterocycles. The first-order valence-electron chi connectivity index (χ1n) is 5.29. The summed E-state index contributed by atoms with van der Waals surface area (Å²) in [5.41, 5.74) is 0.995. The standard InChI is InChI=1S/C12H11IN2O3/c13-10-4-2-1-3-8(10)9(7-15-12(16)17)11-14-5-6-18-11/h1-6,9,15H,7H2,(H,16,17). The van der Waals surface area contributed by atoms with Gasteiger partial charge >= 0.3 is 6.09 Å². The summed E-state index contributed by atoms with van der Waals surface area (Å²) in [7, 11) is 0. The number of aromatic nitrogens is 1. The number of hydrogen-bond donors (Lipinski definition) is 2. The molecule has 18 heavy (non-hydrogen) atoms. The number of hydrogen-bond acceptors (Lipinski definition) is 3. The van der Waals surface area contributed by atoms with Gasteiger partial charge in [0.25, 0.3) is 0 Å². The van der Waals surface area contributed by atoms with E-state index in [1.807, 2.05) is 24.3 Å². The Balaban J connectivity index is 2.30. The van der Waals surface area contributed by atoms with E-state index in [9.17, 15) is 4.79 Å². The van der Waals surface area contributed by atoms with Crippen molar-refractivity contribution < 1.29 is 14.3 Å². The quantitative estimate of drug-likeness (QED) is 0.825. The van der Waals surface area contributed by atoms with Gasteiger partial charge in [-0.15, -0.1) is 0 Å². The van der Waals surface area contributed by atoms with Gasteiger partial charge in [0.2, 0.25) is 5.89 Å². The fourth-order valence-corrected chi connectivity index (χ4v) is 2.45. The first kappa shape index (κ1) is 12.9. The molecule has 0 saturated carbocycles. The van der Waals surface area contributed by atoms with Crippen molar-refractivity contribution in [1.82, 2.24) is 10.3 Å². The molecular weight excluding hydrogens is 347 g/mol. The third-order valence-electron chi connectivity index (χ3n) is 2.49. The summed E-state index contributed by atoms with van der Waals surface area (Å²) in [6.45, 7) is 0.232. The minimum Gasteiger partial charge on any atom is -0.465 e. The van der Waals surface area contributed by atoms with E-state index in [2.05, 4.69) is 32.9 Å². The number of carboxylic acid groups (broad SMARTS) is 1. The van der Waals surface area contributed by atoms with Crippen LogP contribution in [0.15, 0.2) is 41.1 Å². The molecule has 0 spiro atoms. The molecule has 0 radical (unpaired) electrons. The molecule has 1 aromatic carbocycles.